The van der Waals surface area contributed by atoms with Crippen LogP contribution in [-0.2, 0) is 22.5 Å². The van der Waals surface area contributed by atoms with Crippen molar-refractivity contribution in [1.82, 2.24) is 14.7 Å². The number of benzene rings is 1. The number of aryl methyl sites for hydroxylation is 2. The SMILES string of the molecule is CCc1cc(-c2ccc(F)c(C)c2)nn1CC(=O)N1CCC2=C(CC1)OC(C)=C(C)C2. The van der Waals surface area contributed by atoms with Gasteiger partial charge in [0.2, 0.25) is 5.91 Å². The molecule has 0 unspecified atom stereocenters. The van der Waals surface area contributed by atoms with E-state index in [1.54, 1.807) is 23.7 Å². The highest BCUT2D eigenvalue weighted by atomic mass is 19.1. The second-order valence-electron chi connectivity index (χ2n) is 8.52. The second-order valence-corrected chi connectivity index (χ2v) is 8.52. The third-order valence-electron chi connectivity index (χ3n) is 6.36. The predicted octanol–water partition coefficient (Wildman–Crippen LogP) is 5.15. The van der Waals surface area contributed by atoms with Gasteiger partial charge >= 0.3 is 0 Å². The van der Waals surface area contributed by atoms with Crippen molar-refractivity contribution in [2.24, 2.45) is 0 Å². The van der Waals surface area contributed by atoms with Gasteiger partial charge in [0.25, 0.3) is 0 Å². The van der Waals surface area contributed by atoms with E-state index >= 15 is 0 Å². The molecular formula is C25H30FN3O2. The van der Waals surface area contributed by atoms with Crippen LogP contribution >= 0.6 is 0 Å². The zero-order chi connectivity index (χ0) is 22.1. The molecule has 2 aromatic rings. The largest absolute Gasteiger partial charge is 0.466 e. The number of carbonyl (C=O) groups excluding carboxylic acids is 1. The van der Waals surface area contributed by atoms with Gasteiger partial charge in [-0.05, 0) is 81.0 Å². The normalized spacial score (nSPS) is 16.9. The molecule has 0 spiro atoms. The van der Waals surface area contributed by atoms with Crippen molar-refractivity contribution >= 4 is 5.91 Å². The monoisotopic (exact) mass is 423 g/mol. The fourth-order valence-electron chi connectivity index (χ4n) is 4.26. The number of allylic oxidation sites excluding steroid dienone is 2. The van der Waals surface area contributed by atoms with E-state index in [9.17, 15) is 9.18 Å². The van der Waals surface area contributed by atoms with Crippen molar-refractivity contribution in [3.05, 3.63) is 64.0 Å². The Hall–Kier alpha value is -2.89. The van der Waals surface area contributed by atoms with Crippen LogP contribution in [0.15, 0.2) is 46.9 Å². The van der Waals surface area contributed by atoms with E-state index in [0.29, 0.717) is 18.7 Å². The van der Waals surface area contributed by atoms with Crippen LogP contribution in [0, 0.1) is 12.7 Å². The number of aromatic nitrogens is 2. The molecule has 4 rings (SSSR count). The molecule has 6 heteroatoms. The lowest BCUT2D eigenvalue weighted by molar-refractivity contribution is -0.132. The summed E-state index contributed by atoms with van der Waals surface area (Å²) >= 11 is 0. The first kappa shape index (κ1) is 21.3. The van der Waals surface area contributed by atoms with E-state index in [0.717, 1.165) is 54.2 Å². The lowest BCUT2D eigenvalue weighted by Gasteiger charge is -2.21. The zero-order valence-corrected chi connectivity index (χ0v) is 18.8. The summed E-state index contributed by atoms with van der Waals surface area (Å²) in [6.45, 7) is 9.50. The van der Waals surface area contributed by atoms with Gasteiger partial charge in [0.1, 0.15) is 18.1 Å². The van der Waals surface area contributed by atoms with Crippen LogP contribution in [0.3, 0.4) is 0 Å². The van der Waals surface area contributed by atoms with Crippen molar-refractivity contribution in [2.75, 3.05) is 13.1 Å². The first-order valence-electron chi connectivity index (χ1n) is 11.0. The molecule has 0 atom stereocenters. The fraction of sp³-hybridized carbons (Fsp3) is 0.440. The van der Waals surface area contributed by atoms with Crippen molar-refractivity contribution < 1.29 is 13.9 Å². The highest BCUT2D eigenvalue weighted by molar-refractivity contribution is 5.76. The Balaban J connectivity index is 1.46. The number of hydrogen-bond donors (Lipinski definition) is 0. The molecular weight excluding hydrogens is 393 g/mol. The number of amides is 1. The molecule has 0 fully saturated rings. The Kier molecular flexibility index (Phi) is 5.99. The standard InChI is InChI=1S/C25H30FN3O2/c1-5-21-14-23(19-6-7-22(26)17(3)13-19)27-29(21)15-25(30)28-10-8-20-12-16(2)18(4)31-24(20)9-11-28/h6-7,13-14H,5,8-12,15H2,1-4H3. The first-order chi connectivity index (χ1) is 14.9. The molecule has 0 saturated heterocycles. The van der Waals surface area contributed by atoms with Crippen LogP contribution in [0.25, 0.3) is 11.3 Å². The Morgan fingerprint density at radius 2 is 1.94 bits per heavy atom. The third kappa shape index (κ3) is 4.43. The highest BCUT2D eigenvalue weighted by Gasteiger charge is 2.25. The van der Waals surface area contributed by atoms with Gasteiger partial charge in [-0.25, -0.2) is 4.39 Å². The maximum Gasteiger partial charge on any atom is 0.244 e. The van der Waals surface area contributed by atoms with Crippen molar-refractivity contribution in [2.45, 2.75) is 59.9 Å². The fourth-order valence-corrected chi connectivity index (χ4v) is 4.26. The summed E-state index contributed by atoms with van der Waals surface area (Å²) in [4.78, 5) is 15.0. The first-order valence-corrected chi connectivity index (χ1v) is 11.0. The van der Waals surface area contributed by atoms with Gasteiger partial charge in [-0.3, -0.25) is 9.48 Å². The minimum atomic E-state index is -0.226. The van der Waals surface area contributed by atoms with Crippen LogP contribution in [0.5, 0.6) is 0 Å². The Morgan fingerprint density at radius 3 is 2.68 bits per heavy atom. The topological polar surface area (TPSA) is 47.4 Å². The summed E-state index contributed by atoms with van der Waals surface area (Å²) < 4.78 is 21.4. The van der Waals surface area contributed by atoms with E-state index in [4.69, 9.17) is 4.74 Å². The number of rotatable bonds is 4. The number of hydrogen-bond acceptors (Lipinski definition) is 3. The molecule has 0 aliphatic carbocycles. The van der Waals surface area contributed by atoms with Crippen LogP contribution in [0.4, 0.5) is 4.39 Å². The molecule has 31 heavy (non-hydrogen) atoms. The number of ether oxygens (including phenoxy) is 1. The maximum atomic E-state index is 13.6. The molecule has 5 nitrogen and oxygen atoms in total. The molecule has 0 radical (unpaired) electrons. The minimum absolute atomic E-state index is 0.0703. The summed E-state index contributed by atoms with van der Waals surface area (Å²) in [5.74, 6) is 1.88. The smallest absolute Gasteiger partial charge is 0.244 e. The number of nitrogens with zero attached hydrogens (tertiary/aromatic N) is 3. The maximum absolute atomic E-state index is 13.6. The van der Waals surface area contributed by atoms with Gasteiger partial charge in [-0.1, -0.05) is 6.92 Å². The Morgan fingerprint density at radius 1 is 1.16 bits per heavy atom. The van der Waals surface area contributed by atoms with Crippen molar-refractivity contribution in [3.63, 3.8) is 0 Å². The van der Waals surface area contributed by atoms with Gasteiger partial charge < -0.3 is 9.64 Å². The second kappa shape index (κ2) is 8.69. The Labute approximate surface area is 183 Å². The molecule has 1 aromatic carbocycles. The number of halogens is 1. The third-order valence-corrected chi connectivity index (χ3v) is 6.36. The van der Waals surface area contributed by atoms with Crippen LogP contribution in [-0.4, -0.2) is 33.7 Å². The zero-order valence-electron chi connectivity index (χ0n) is 18.8. The molecule has 0 bridgehead atoms. The average Bonchev–Trinajstić information content (AvgIpc) is 3.04. The van der Waals surface area contributed by atoms with Crippen molar-refractivity contribution in [3.8, 4) is 11.3 Å². The van der Waals surface area contributed by atoms with E-state index < -0.39 is 0 Å². The van der Waals surface area contributed by atoms with Gasteiger partial charge in [0, 0.05) is 30.8 Å². The van der Waals surface area contributed by atoms with Crippen LogP contribution in [0.1, 0.15) is 51.3 Å². The summed E-state index contributed by atoms with van der Waals surface area (Å²) in [5, 5.41) is 4.68. The van der Waals surface area contributed by atoms with Gasteiger partial charge in [-0.2, -0.15) is 5.10 Å². The van der Waals surface area contributed by atoms with Gasteiger partial charge in [0.15, 0.2) is 0 Å². The highest BCUT2D eigenvalue weighted by Crippen LogP contribution is 2.33. The average molecular weight is 424 g/mol. The van der Waals surface area contributed by atoms with E-state index in [2.05, 4.69) is 18.9 Å². The molecule has 164 valence electrons. The summed E-state index contributed by atoms with van der Waals surface area (Å²) in [7, 11) is 0. The lowest BCUT2D eigenvalue weighted by Crippen LogP contribution is -2.35. The number of carbonyl (C=O) groups is 1. The van der Waals surface area contributed by atoms with Crippen LogP contribution < -0.4 is 0 Å². The van der Waals surface area contributed by atoms with Gasteiger partial charge in [0.05, 0.1) is 11.5 Å². The van der Waals surface area contributed by atoms with Gasteiger partial charge in [-0.15, -0.1) is 0 Å². The Bertz CT molecular complexity index is 1050. The quantitative estimate of drug-likeness (QED) is 0.683. The lowest BCUT2D eigenvalue weighted by atomic mass is 9.99. The molecule has 1 amide bonds. The molecule has 2 aliphatic heterocycles. The van der Waals surface area contributed by atoms with E-state index in [-0.39, 0.29) is 18.3 Å². The molecule has 2 aliphatic rings. The predicted molar refractivity (Wildman–Crippen MR) is 119 cm³/mol. The van der Waals surface area contributed by atoms with E-state index in [1.165, 1.54) is 17.2 Å². The summed E-state index contributed by atoms with van der Waals surface area (Å²) in [5.41, 5.74) is 5.81. The molecule has 1 aromatic heterocycles. The molecule has 0 N–H and O–H groups in total. The molecule has 3 heterocycles. The minimum Gasteiger partial charge on any atom is -0.466 e. The summed E-state index contributed by atoms with van der Waals surface area (Å²) in [6, 6.07) is 6.99. The van der Waals surface area contributed by atoms with Crippen LogP contribution in [0.2, 0.25) is 0 Å². The van der Waals surface area contributed by atoms with E-state index in [1.807, 2.05) is 17.9 Å². The summed E-state index contributed by atoms with van der Waals surface area (Å²) in [6.07, 6.45) is 3.33. The molecule has 0 saturated carbocycles. The van der Waals surface area contributed by atoms with Crippen molar-refractivity contribution in [1.29, 1.82) is 0 Å².